The second-order valence-corrected chi connectivity index (χ2v) is 11.2. The van der Waals surface area contributed by atoms with Crippen molar-refractivity contribution in [2.24, 2.45) is 0 Å². The summed E-state index contributed by atoms with van der Waals surface area (Å²) >= 11 is 1.49. The smallest absolute Gasteiger partial charge is 0.431 e. The molecule has 1 saturated carbocycles. The third kappa shape index (κ3) is 6.57. The lowest BCUT2D eigenvalue weighted by Crippen LogP contribution is -2.27. The topological polar surface area (TPSA) is 65.1 Å². The lowest BCUT2D eigenvalue weighted by Gasteiger charge is -2.27. The highest BCUT2D eigenvalue weighted by atomic mass is 35.5. The van der Waals surface area contributed by atoms with E-state index in [1.165, 1.54) is 44.9 Å². The molecule has 1 atom stereocenters. The Morgan fingerprint density at radius 1 is 0.973 bits per heavy atom. The van der Waals surface area contributed by atoms with Crippen LogP contribution in [-0.4, -0.2) is 49.6 Å². The largest absolute Gasteiger partial charge is 0.511 e. The molecule has 1 aromatic carbocycles. The number of nitrogens with zero attached hydrogens (tertiary/aromatic N) is 1. The van der Waals surface area contributed by atoms with Crippen molar-refractivity contribution in [3.05, 3.63) is 62.3 Å². The van der Waals surface area contributed by atoms with Gasteiger partial charge in [-0.3, -0.25) is 0 Å². The molecule has 2 aromatic rings. The molecule has 1 aromatic heterocycles. The van der Waals surface area contributed by atoms with Gasteiger partial charge in [-0.05, 0) is 86.7 Å². The molecule has 0 amide bonds. The molecule has 1 saturated heterocycles. The molecule has 2 fully saturated rings. The number of carbonyl (C=O) groups excluding carboxylic acids is 2. The van der Waals surface area contributed by atoms with Crippen LogP contribution in [0.15, 0.2) is 35.9 Å². The molecule has 37 heavy (non-hydrogen) atoms. The van der Waals surface area contributed by atoms with Crippen molar-refractivity contribution in [3.8, 4) is 0 Å². The molecule has 5 rings (SSSR count). The summed E-state index contributed by atoms with van der Waals surface area (Å²) in [6, 6.07) is 10.6. The number of halogens is 1. The molecule has 0 radical (unpaired) electrons. The number of ether oxygens (including phenoxy) is 3. The van der Waals surface area contributed by atoms with E-state index in [1.807, 2.05) is 6.07 Å². The Labute approximate surface area is 229 Å². The summed E-state index contributed by atoms with van der Waals surface area (Å²) in [5.41, 5.74) is 6.56. The first-order chi connectivity index (χ1) is 17.5. The normalized spacial score (nSPS) is 19.1. The van der Waals surface area contributed by atoms with E-state index in [0.717, 1.165) is 70.0 Å². The first-order valence-corrected chi connectivity index (χ1v) is 14.0. The van der Waals surface area contributed by atoms with Gasteiger partial charge in [0, 0.05) is 24.9 Å². The number of hydrogen-bond donors (Lipinski definition) is 0. The van der Waals surface area contributed by atoms with Crippen molar-refractivity contribution in [3.63, 3.8) is 0 Å². The summed E-state index contributed by atoms with van der Waals surface area (Å²) in [6.45, 7) is 3.64. The Bertz CT molecular complexity index is 1140. The Balaban J connectivity index is 0.00000320. The summed E-state index contributed by atoms with van der Waals surface area (Å²) in [5, 5.41) is 0. The van der Waals surface area contributed by atoms with Gasteiger partial charge < -0.3 is 19.1 Å². The second-order valence-electron chi connectivity index (χ2n) is 10.1. The summed E-state index contributed by atoms with van der Waals surface area (Å²) in [4.78, 5) is 29.3. The standard InChI is InChI=1S/C29H35NO5S.ClH/c1-19(34-29(32)35-22-9-4-3-5-10-22)33-28(31)26-18-24-25(36-26)13-12-20-8-6-7-11-23(20)27(24)21-14-16-30(2)17-15-21;/h6-8,11,18-19,22H,3-5,9-10,12-17H2,1-2H3;1H. The van der Waals surface area contributed by atoms with Crippen LogP contribution in [0.5, 0.6) is 0 Å². The summed E-state index contributed by atoms with van der Waals surface area (Å²) < 4.78 is 16.1. The van der Waals surface area contributed by atoms with Gasteiger partial charge in [-0.2, -0.15) is 0 Å². The number of esters is 1. The van der Waals surface area contributed by atoms with E-state index in [0.29, 0.717) is 4.88 Å². The molecule has 0 spiro atoms. The molecule has 0 N–H and O–H groups in total. The van der Waals surface area contributed by atoms with Crippen LogP contribution < -0.4 is 0 Å². The maximum atomic E-state index is 13.0. The van der Waals surface area contributed by atoms with Gasteiger partial charge in [0.2, 0.25) is 6.29 Å². The van der Waals surface area contributed by atoms with Crippen molar-refractivity contribution in [2.75, 3.05) is 20.1 Å². The average molecular weight is 546 g/mol. The van der Waals surface area contributed by atoms with Crippen LogP contribution in [0, 0.1) is 0 Å². The molecule has 6 nitrogen and oxygen atoms in total. The zero-order chi connectivity index (χ0) is 25.1. The van der Waals surface area contributed by atoms with Crippen LogP contribution in [0.25, 0.3) is 5.57 Å². The summed E-state index contributed by atoms with van der Waals surface area (Å²) in [5.74, 6) is -0.466. The van der Waals surface area contributed by atoms with Gasteiger partial charge in [0.1, 0.15) is 11.0 Å². The Morgan fingerprint density at radius 3 is 2.46 bits per heavy atom. The minimum Gasteiger partial charge on any atom is -0.431 e. The van der Waals surface area contributed by atoms with E-state index >= 15 is 0 Å². The predicted octanol–water partition coefficient (Wildman–Crippen LogP) is 6.78. The van der Waals surface area contributed by atoms with Gasteiger partial charge >= 0.3 is 12.1 Å². The molecule has 200 valence electrons. The van der Waals surface area contributed by atoms with E-state index in [4.69, 9.17) is 14.2 Å². The molecule has 2 heterocycles. The average Bonchev–Trinajstić information content (AvgIpc) is 3.22. The number of aryl methyl sites for hydroxylation is 2. The predicted molar refractivity (Wildman–Crippen MR) is 147 cm³/mol. The van der Waals surface area contributed by atoms with Crippen LogP contribution in [0.1, 0.15) is 83.1 Å². The number of fused-ring (bicyclic) bond motifs is 2. The fourth-order valence-electron chi connectivity index (χ4n) is 5.54. The molecule has 3 aliphatic rings. The molecular weight excluding hydrogens is 510 g/mol. The van der Waals surface area contributed by atoms with Gasteiger partial charge in [-0.15, -0.1) is 23.7 Å². The summed E-state index contributed by atoms with van der Waals surface area (Å²) in [7, 11) is 2.17. The van der Waals surface area contributed by atoms with E-state index in [9.17, 15) is 9.59 Å². The van der Waals surface area contributed by atoms with Crippen molar-refractivity contribution in [1.29, 1.82) is 0 Å². The van der Waals surface area contributed by atoms with Crippen LogP contribution >= 0.6 is 23.7 Å². The van der Waals surface area contributed by atoms with Gasteiger partial charge in [0.25, 0.3) is 0 Å². The SMILES string of the molecule is CC(OC(=O)OC1CCCCC1)OC(=O)c1cc2c(s1)CCc1ccccc1C2=C1CCN(C)CC1.Cl. The fraction of sp³-hybridized carbons (Fsp3) is 0.517. The second kappa shape index (κ2) is 12.5. The number of piperidine rings is 1. The van der Waals surface area contributed by atoms with Crippen LogP contribution in [0.4, 0.5) is 4.79 Å². The van der Waals surface area contributed by atoms with Crippen molar-refractivity contribution < 1.29 is 23.8 Å². The van der Waals surface area contributed by atoms with Crippen LogP contribution in [-0.2, 0) is 27.1 Å². The van der Waals surface area contributed by atoms with Gasteiger partial charge in [0.15, 0.2) is 0 Å². The summed E-state index contributed by atoms with van der Waals surface area (Å²) in [6.07, 6.45) is 7.04. The molecule has 1 unspecified atom stereocenters. The lowest BCUT2D eigenvalue weighted by atomic mass is 9.87. The number of thiophene rings is 1. The molecule has 1 aliphatic heterocycles. The first-order valence-electron chi connectivity index (χ1n) is 13.2. The maximum absolute atomic E-state index is 13.0. The minimum absolute atomic E-state index is 0. The minimum atomic E-state index is -1.01. The zero-order valence-corrected chi connectivity index (χ0v) is 23.3. The number of likely N-dealkylation sites (tertiary alicyclic amines) is 1. The van der Waals surface area contributed by atoms with Crippen LogP contribution in [0.2, 0.25) is 0 Å². The van der Waals surface area contributed by atoms with Gasteiger partial charge in [0.05, 0.1) is 0 Å². The highest BCUT2D eigenvalue weighted by Gasteiger charge is 2.28. The lowest BCUT2D eigenvalue weighted by molar-refractivity contribution is -0.0912. The van der Waals surface area contributed by atoms with Crippen LogP contribution in [0.3, 0.4) is 0 Å². The van der Waals surface area contributed by atoms with Crippen molar-refractivity contribution in [1.82, 2.24) is 4.90 Å². The third-order valence-electron chi connectivity index (χ3n) is 7.48. The molecule has 0 bridgehead atoms. The highest BCUT2D eigenvalue weighted by molar-refractivity contribution is 7.14. The monoisotopic (exact) mass is 545 g/mol. The van der Waals surface area contributed by atoms with E-state index in [-0.39, 0.29) is 18.5 Å². The highest BCUT2D eigenvalue weighted by Crippen LogP contribution is 2.41. The third-order valence-corrected chi connectivity index (χ3v) is 8.66. The van der Waals surface area contributed by atoms with Gasteiger partial charge in [-0.1, -0.05) is 36.3 Å². The molecule has 8 heteroatoms. The number of carbonyl (C=O) groups is 2. The molecule has 2 aliphatic carbocycles. The molecular formula is C29H36ClNO5S. The van der Waals surface area contributed by atoms with E-state index < -0.39 is 18.4 Å². The Morgan fingerprint density at radius 2 is 1.70 bits per heavy atom. The van der Waals surface area contributed by atoms with E-state index in [2.05, 4.69) is 36.2 Å². The first kappa shape index (κ1) is 27.7. The Kier molecular flexibility index (Phi) is 9.32. The maximum Gasteiger partial charge on any atom is 0.511 e. The quantitative estimate of drug-likeness (QED) is 0.311. The van der Waals surface area contributed by atoms with E-state index in [1.54, 1.807) is 6.92 Å². The fourth-order valence-corrected chi connectivity index (χ4v) is 6.59. The van der Waals surface area contributed by atoms with Crippen molar-refractivity contribution >= 4 is 41.4 Å². The number of hydrogen-bond acceptors (Lipinski definition) is 7. The zero-order valence-electron chi connectivity index (χ0n) is 21.6. The number of rotatable bonds is 4. The Hall–Kier alpha value is -2.35. The number of benzene rings is 1. The van der Waals surface area contributed by atoms with Crippen molar-refractivity contribution in [2.45, 2.75) is 77.1 Å². The van der Waals surface area contributed by atoms with Gasteiger partial charge in [-0.25, -0.2) is 9.59 Å².